The Kier molecular flexibility index (Phi) is 4.43. The molecule has 0 amide bonds. The summed E-state index contributed by atoms with van der Waals surface area (Å²) in [5.41, 5.74) is -0.775. The highest BCUT2D eigenvalue weighted by Crippen LogP contribution is 2.35. The quantitative estimate of drug-likeness (QED) is 0.860. The molecule has 0 aliphatic carbocycles. The molecular weight excluding hydrogens is 328 g/mol. The van der Waals surface area contributed by atoms with Gasteiger partial charge in [0.05, 0.1) is 22.5 Å². The minimum absolute atomic E-state index is 0.0501. The van der Waals surface area contributed by atoms with Crippen molar-refractivity contribution in [3.05, 3.63) is 40.0 Å². The maximum absolute atomic E-state index is 12.7. The van der Waals surface area contributed by atoms with Gasteiger partial charge in [0.1, 0.15) is 5.02 Å². The lowest BCUT2D eigenvalue weighted by Crippen LogP contribution is -2.06. The third-order valence-corrected chi connectivity index (χ3v) is 3.12. The van der Waals surface area contributed by atoms with Gasteiger partial charge >= 0.3 is 6.18 Å². The van der Waals surface area contributed by atoms with Crippen LogP contribution in [0.3, 0.4) is 0 Å². The fourth-order valence-corrected chi connectivity index (χ4v) is 1.80. The smallest absolute Gasteiger partial charge is 0.357 e. The van der Waals surface area contributed by atoms with E-state index in [1.165, 1.54) is 6.20 Å². The van der Waals surface area contributed by atoms with Crippen molar-refractivity contribution < 1.29 is 13.2 Å². The van der Waals surface area contributed by atoms with Crippen molar-refractivity contribution in [1.29, 1.82) is 0 Å². The van der Waals surface area contributed by atoms with E-state index in [1.54, 1.807) is 7.05 Å². The molecule has 0 unspecified atom stereocenters. The molecule has 4 nitrogen and oxygen atoms in total. The summed E-state index contributed by atoms with van der Waals surface area (Å²) in [7, 11) is 1.60. The van der Waals surface area contributed by atoms with E-state index in [4.69, 9.17) is 23.2 Å². The molecule has 0 bridgehead atoms. The van der Waals surface area contributed by atoms with Crippen LogP contribution in [0.2, 0.25) is 10.0 Å². The molecule has 0 radical (unpaired) electrons. The van der Waals surface area contributed by atoms with Crippen molar-refractivity contribution in [2.75, 3.05) is 17.7 Å². The summed E-state index contributed by atoms with van der Waals surface area (Å²) in [6, 6.07) is 2.94. The lowest BCUT2D eigenvalue weighted by atomic mass is 10.2. The van der Waals surface area contributed by atoms with Crippen LogP contribution in [0.1, 0.15) is 5.56 Å². The lowest BCUT2D eigenvalue weighted by Gasteiger charge is -2.13. The zero-order valence-corrected chi connectivity index (χ0v) is 12.1. The summed E-state index contributed by atoms with van der Waals surface area (Å²) in [6.45, 7) is 0. The van der Waals surface area contributed by atoms with Crippen LogP contribution in [0.5, 0.6) is 0 Å². The summed E-state index contributed by atoms with van der Waals surface area (Å²) < 4.78 is 38.1. The summed E-state index contributed by atoms with van der Waals surface area (Å²) in [4.78, 5) is 7.88. The Morgan fingerprint density at radius 3 is 2.48 bits per heavy atom. The van der Waals surface area contributed by atoms with Gasteiger partial charge in [-0.3, -0.25) is 0 Å². The first kappa shape index (κ1) is 15.7. The van der Waals surface area contributed by atoms with Gasteiger partial charge in [0.25, 0.3) is 0 Å². The van der Waals surface area contributed by atoms with Crippen LogP contribution >= 0.6 is 23.2 Å². The van der Waals surface area contributed by atoms with E-state index < -0.39 is 11.7 Å². The van der Waals surface area contributed by atoms with Gasteiger partial charge in [-0.2, -0.15) is 18.2 Å². The first-order valence-electron chi connectivity index (χ1n) is 5.65. The number of aromatic nitrogens is 2. The number of anilines is 3. The van der Waals surface area contributed by atoms with Gasteiger partial charge < -0.3 is 10.6 Å². The minimum Gasteiger partial charge on any atom is -0.357 e. The molecule has 0 aliphatic heterocycles. The van der Waals surface area contributed by atoms with Crippen LogP contribution < -0.4 is 10.6 Å². The molecule has 112 valence electrons. The number of hydrogen-bond acceptors (Lipinski definition) is 4. The predicted octanol–water partition coefficient (Wildman–Crippen LogP) is 4.59. The van der Waals surface area contributed by atoms with Crippen LogP contribution in [0.4, 0.5) is 30.6 Å². The second-order valence-corrected chi connectivity index (χ2v) is 4.77. The highest BCUT2D eigenvalue weighted by Gasteiger charge is 2.31. The topological polar surface area (TPSA) is 49.8 Å². The van der Waals surface area contributed by atoms with Crippen molar-refractivity contribution in [2.45, 2.75) is 6.18 Å². The molecule has 0 atom stereocenters. The number of nitrogens with one attached hydrogen (secondary N) is 2. The Labute approximate surface area is 128 Å². The second kappa shape index (κ2) is 5.95. The zero-order valence-electron chi connectivity index (χ0n) is 10.6. The first-order chi connectivity index (χ1) is 9.81. The van der Waals surface area contributed by atoms with Crippen LogP contribution in [-0.4, -0.2) is 17.0 Å². The molecule has 2 aromatic rings. The van der Waals surface area contributed by atoms with Gasteiger partial charge in [-0.15, -0.1) is 0 Å². The van der Waals surface area contributed by atoms with E-state index in [0.717, 1.165) is 18.2 Å². The molecule has 0 fully saturated rings. The van der Waals surface area contributed by atoms with E-state index in [-0.39, 0.29) is 27.5 Å². The molecule has 1 aromatic carbocycles. The van der Waals surface area contributed by atoms with Crippen molar-refractivity contribution >= 4 is 40.7 Å². The van der Waals surface area contributed by atoms with Crippen LogP contribution in [-0.2, 0) is 6.18 Å². The van der Waals surface area contributed by atoms with Crippen LogP contribution in [0.25, 0.3) is 0 Å². The largest absolute Gasteiger partial charge is 0.416 e. The van der Waals surface area contributed by atoms with E-state index in [2.05, 4.69) is 20.6 Å². The van der Waals surface area contributed by atoms with Gasteiger partial charge in [0, 0.05) is 7.05 Å². The van der Waals surface area contributed by atoms with E-state index in [0.29, 0.717) is 0 Å². The number of hydrogen-bond donors (Lipinski definition) is 2. The van der Waals surface area contributed by atoms with Crippen LogP contribution in [0.15, 0.2) is 24.4 Å². The molecule has 21 heavy (non-hydrogen) atoms. The number of nitrogens with zero attached hydrogens (tertiary/aromatic N) is 2. The molecule has 2 rings (SSSR count). The number of halogens is 5. The predicted molar refractivity (Wildman–Crippen MR) is 76.3 cm³/mol. The number of benzene rings is 1. The minimum atomic E-state index is -4.47. The fourth-order valence-electron chi connectivity index (χ4n) is 1.50. The first-order valence-corrected chi connectivity index (χ1v) is 6.41. The number of rotatable bonds is 3. The standard InChI is InChI=1S/C12H9Cl2F3N4/c1-18-11-19-5-8(14)10(21-11)20-9-4-6(12(15,16)17)2-3-7(9)13/h2-5H,1H3,(H2,18,19,20,21). The molecule has 0 aliphatic rings. The molecule has 2 N–H and O–H groups in total. The van der Waals surface area contributed by atoms with Crippen molar-refractivity contribution in [1.82, 2.24) is 9.97 Å². The third-order valence-electron chi connectivity index (χ3n) is 2.51. The Morgan fingerprint density at radius 1 is 1.14 bits per heavy atom. The van der Waals surface area contributed by atoms with E-state index in [1.807, 2.05) is 0 Å². The van der Waals surface area contributed by atoms with Gasteiger partial charge in [-0.05, 0) is 18.2 Å². The Bertz CT molecular complexity index is 661. The SMILES string of the molecule is CNc1ncc(Cl)c(Nc2cc(C(F)(F)F)ccc2Cl)n1. The Morgan fingerprint density at radius 2 is 1.86 bits per heavy atom. The normalized spacial score (nSPS) is 11.3. The second-order valence-electron chi connectivity index (χ2n) is 3.96. The third kappa shape index (κ3) is 3.68. The molecule has 1 heterocycles. The fraction of sp³-hybridized carbons (Fsp3) is 0.167. The van der Waals surface area contributed by atoms with Gasteiger partial charge in [-0.1, -0.05) is 23.2 Å². The van der Waals surface area contributed by atoms with Crippen molar-refractivity contribution in [3.8, 4) is 0 Å². The van der Waals surface area contributed by atoms with Gasteiger partial charge in [0.15, 0.2) is 5.82 Å². The maximum atomic E-state index is 12.7. The maximum Gasteiger partial charge on any atom is 0.416 e. The Hall–Kier alpha value is -1.73. The van der Waals surface area contributed by atoms with Crippen LogP contribution in [0, 0.1) is 0 Å². The highest BCUT2D eigenvalue weighted by molar-refractivity contribution is 6.34. The van der Waals surface area contributed by atoms with Gasteiger partial charge in [0.2, 0.25) is 5.95 Å². The zero-order chi connectivity index (χ0) is 15.6. The van der Waals surface area contributed by atoms with Gasteiger partial charge in [-0.25, -0.2) is 4.98 Å². The summed E-state index contributed by atoms with van der Waals surface area (Å²) in [5.74, 6) is 0.419. The van der Waals surface area contributed by atoms with Crippen molar-refractivity contribution in [2.24, 2.45) is 0 Å². The molecule has 1 aromatic heterocycles. The average molecular weight is 337 g/mol. The monoisotopic (exact) mass is 336 g/mol. The summed E-state index contributed by atoms with van der Waals surface area (Å²) in [6.07, 6.45) is -3.14. The highest BCUT2D eigenvalue weighted by atomic mass is 35.5. The molecule has 9 heteroatoms. The lowest BCUT2D eigenvalue weighted by molar-refractivity contribution is -0.137. The van der Waals surface area contributed by atoms with Crippen molar-refractivity contribution in [3.63, 3.8) is 0 Å². The molecular formula is C12H9Cl2F3N4. The summed E-state index contributed by atoms with van der Waals surface area (Å²) in [5, 5.41) is 5.64. The molecule has 0 saturated heterocycles. The Balaban J connectivity index is 2.39. The summed E-state index contributed by atoms with van der Waals surface area (Å²) >= 11 is 11.8. The molecule has 0 spiro atoms. The van der Waals surface area contributed by atoms with E-state index >= 15 is 0 Å². The number of alkyl halides is 3. The van der Waals surface area contributed by atoms with E-state index in [9.17, 15) is 13.2 Å². The average Bonchev–Trinajstić information content (AvgIpc) is 2.42. The molecule has 0 saturated carbocycles.